The number of anilines is 1. The average Bonchev–Trinajstić information content (AvgIpc) is 3.35. The second kappa shape index (κ2) is 11.1. The van der Waals surface area contributed by atoms with Crippen molar-refractivity contribution in [3.8, 4) is 0 Å². The average molecular weight is 487 g/mol. The largest absolute Gasteiger partial charge is 0.463 e. The zero-order valence-electron chi connectivity index (χ0n) is 20.6. The van der Waals surface area contributed by atoms with E-state index in [1.54, 1.807) is 24.5 Å². The summed E-state index contributed by atoms with van der Waals surface area (Å²) in [6, 6.07) is 3.02. The number of nitrogens with zero attached hydrogens (tertiary/aromatic N) is 2. The van der Waals surface area contributed by atoms with E-state index in [-0.39, 0.29) is 30.6 Å². The summed E-state index contributed by atoms with van der Waals surface area (Å²) in [7, 11) is 0. The van der Waals surface area contributed by atoms with Crippen molar-refractivity contribution in [1.29, 1.82) is 0 Å². The maximum atomic E-state index is 15.1. The molecule has 0 amide bonds. The quantitative estimate of drug-likeness (QED) is 0.429. The lowest BCUT2D eigenvalue weighted by molar-refractivity contribution is -0.137. The van der Waals surface area contributed by atoms with E-state index >= 15 is 4.39 Å². The molecule has 0 unspecified atom stereocenters. The van der Waals surface area contributed by atoms with Gasteiger partial charge >= 0.3 is 11.7 Å². The van der Waals surface area contributed by atoms with Gasteiger partial charge in [0.15, 0.2) is 0 Å². The third-order valence-corrected chi connectivity index (χ3v) is 7.00. The smallest absolute Gasteiger partial charge is 0.350 e. The fraction of sp³-hybridized carbons (Fsp3) is 0.577. The lowest BCUT2D eigenvalue weighted by Crippen LogP contribution is -2.46. The van der Waals surface area contributed by atoms with Gasteiger partial charge in [0, 0.05) is 18.2 Å². The summed E-state index contributed by atoms with van der Waals surface area (Å²) < 4.78 is 22.6. The summed E-state index contributed by atoms with van der Waals surface area (Å²) in [6.07, 6.45) is 10.4. The molecular formula is C26H35FN4O4. The van der Waals surface area contributed by atoms with Gasteiger partial charge in [-0.3, -0.25) is 9.36 Å². The predicted molar refractivity (Wildman–Crippen MR) is 135 cm³/mol. The van der Waals surface area contributed by atoms with E-state index in [4.69, 9.17) is 4.74 Å². The van der Waals surface area contributed by atoms with E-state index in [2.05, 4.69) is 10.7 Å². The van der Waals surface area contributed by atoms with Crippen molar-refractivity contribution < 1.29 is 13.9 Å². The molecule has 4 rings (SSSR count). The van der Waals surface area contributed by atoms with E-state index in [0.29, 0.717) is 16.8 Å². The van der Waals surface area contributed by atoms with E-state index in [1.165, 1.54) is 18.6 Å². The van der Waals surface area contributed by atoms with Gasteiger partial charge < -0.3 is 15.5 Å². The van der Waals surface area contributed by atoms with Crippen LogP contribution in [0.15, 0.2) is 33.4 Å². The number of ether oxygens (including phenoxy) is 1. The molecule has 9 heteroatoms. The highest BCUT2D eigenvalue weighted by atomic mass is 19.1. The van der Waals surface area contributed by atoms with Gasteiger partial charge in [-0.1, -0.05) is 32.1 Å². The van der Waals surface area contributed by atoms with Gasteiger partial charge in [-0.2, -0.15) is 4.68 Å². The molecule has 2 fully saturated rings. The first-order valence-corrected chi connectivity index (χ1v) is 12.7. The van der Waals surface area contributed by atoms with Gasteiger partial charge in [0.05, 0.1) is 29.7 Å². The van der Waals surface area contributed by atoms with E-state index in [9.17, 15) is 14.4 Å². The standard InChI is InChI=1S/C26H35FN4O4/c1-3-35-24(32)13-17(2)16-28-31-25(33)20-14-21(27)22(29-18-9-5-4-6-10-18)15-23(20)30(26(31)34)19-11-7-8-12-19/h13-15,18-19,28-29H,3-12,16H2,1-2H3/b17-13+. The van der Waals surface area contributed by atoms with Gasteiger partial charge in [0.25, 0.3) is 5.56 Å². The molecule has 2 saturated carbocycles. The predicted octanol–water partition coefficient (Wildman–Crippen LogP) is 4.21. The van der Waals surface area contributed by atoms with E-state index in [0.717, 1.165) is 56.0 Å². The third kappa shape index (κ3) is 5.60. The van der Waals surface area contributed by atoms with Crippen molar-refractivity contribution >= 4 is 22.6 Å². The van der Waals surface area contributed by atoms with Crippen LogP contribution in [0.4, 0.5) is 10.1 Å². The molecule has 2 aliphatic rings. The molecule has 0 spiro atoms. The minimum atomic E-state index is -0.605. The van der Waals surface area contributed by atoms with Gasteiger partial charge in [0.2, 0.25) is 0 Å². The molecule has 0 atom stereocenters. The molecule has 1 heterocycles. The van der Waals surface area contributed by atoms with Crippen LogP contribution in [0.2, 0.25) is 0 Å². The molecule has 2 N–H and O–H groups in total. The molecule has 190 valence electrons. The van der Waals surface area contributed by atoms with Gasteiger partial charge in [0.1, 0.15) is 5.82 Å². The molecule has 0 radical (unpaired) electrons. The van der Waals surface area contributed by atoms with Crippen LogP contribution in [0.1, 0.15) is 77.7 Å². The Bertz CT molecular complexity index is 1220. The molecule has 1 aromatic heterocycles. The van der Waals surface area contributed by atoms with Crippen LogP contribution in [-0.4, -0.2) is 34.4 Å². The molecule has 0 aliphatic heterocycles. The summed E-state index contributed by atoms with van der Waals surface area (Å²) in [5.41, 5.74) is 3.16. The number of hydrogen-bond acceptors (Lipinski definition) is 6. The first-order chi connectivity index (χ1) is 16.9. The Labute approximate surface area is 204 Å². The number of nitrogens with one attached hydrogen (secondary N) is 2. The highest BCUT2D eigenvalue weighted by Crippen LogP contribution is 2.32. The highest BCUT2D eigenvalue weighted by molar-refractivity contribution is 5.83. The van der Waals surface area contributed by atoms with Crippen molar-refractivity contribution in [2.45, 2.75) is 83.7 Å². The first-order valence-electron chi connectivity index (χ1n) is 12.7. The van der Waals surface area contributed by atoms with Crippen molar-refractivity contribution in [1.82, 2.24) is 9.24 Å². The first kappa shape index (κ1) is 25.0. The summed E-state index contributed by atoms with van der Waals surface area (Å²) in [5.74, 6) is -0.983. The Morgan fingerprint density at radius 1 is 1.11 bits per heavy atom. The van der Waals surface area contributed by atoms with Crippen LogP contribution in [0.25, 0.3) is 10.9 Å². The van der Waals surface area contributed by atoms with Crippen molar-refractivity contribution in [2.75, 3.05) is 23.9 Å². The van der Waals surface area contributed by atoms with Crippen LogP contribution in [0.3, 0.4) is 0 Å². The molecule has 35 heavy (non-hydrogen) atoms. The van der Waals surface area contributed by atoms with Crippen LogP contribution >= 0.6 is 0 Å². The summed E-state index contributed by atoms with van der Waals surface area (Å²) in [6.45, 7) is 3.77. The lowest BCUT2D eigenvalue weighted by Gasteiger charge is -2.25. The maximum Gasteiger partial charge on any atom is 0.350 e. The SMILES string of the molecule is CCOC(=O)/C=C(\C)CNn1c(=O)c2cc(F)c(NC3CCCCC3)cc2n(C2CCCC2)c1=O. The lowest BCUT2D eigenvalue weighted by atomic mass is 9.95. The number of fused-ring (bicyclic) bond motifs is 1. The summed E-state index contributed by atoms with van der Waals surface area (Å²) >= 11 is 0. The molecular weight excluding hydrogens is 451 g/mol. The van der Waals surface area contributed by atoms with Crippen LogP contribution in [-0.2, 0) is 9.53 Å². The van der Waals surface area contributed by atoms with Crippen molar-refractivity contribution in [3.63, 3.8) is 0 Å². The Balaban J connectivity index is 1.74. The number of benzene rings is 1. The fourth-order valence-corrected chi connectivity index (χ4v) is 5.22. The van der Waals surface area contributed by atoms with Gasteiger partial charge in [-0.05, 0) is 57.2 Å². The normalized spacial score (nSPS) is 17.6. The molecule has 8 nitrogen and oxygen atoms in total. The third-order valence-electron chi connectivity index (χ3n) is 7.00. The Morgan fingerprint density at radius 2 is 1.80 bits per heavy atom. The second-order valence-electron chi connectivity index (χ2n) is 9.64. The van der Waals surface area contributed by atoms with Gasteiger partial charge in [-0.25, -0.2) is 14.0 Å². The molecule has 2 aromatic rings. The number of aromatic nitrogens is 2. The topological polar surface area (TPSA) is 94.4 Å². The minimum Gasteiger partial charge on any atom is -0.463 e. The Morgan fingerprint density at radius 3 is 2.49 bits per heavy atom. The maximum absolute atomic E-state index is 15.1. The second-order valence-corrected chi connectivity index (χ2v) is 9.64. The number of halogens is 1. The fourth-order valence-electron chi connectivity index (χ4n) is 5.22. The summed E-state index contributed by atoms with van der Waals surface area (Å²) in [5, 5.41) is 3.47. The Kier molecular flexibility index (Phi) is 7.93. The van der Waals surface area contributed by atoms with Crippen LogP contribution < -0.4 is 22.0 Å². The summed E-state index contributed by atoms with van der Waals surface area (Å²) in [4.78, 5) is 38.6. The number of hydrogen-bond donors (Lipinski definition) is 2. The number of carbonyl (C=O) groups excluding carboxylic acids is 1. The zero-order valence-corrected chi connectivity index (χ0v) is 20.6. The number of rotatable bonds is 8. The van der Waals surface area contributed by atoms with Crippen molar-refractivity contribution in [3.05, 3.63) is 50.4 Å². The highest BCUT2D eigenvalue weighted by Gasteiger charge is 2.25. The molecule has 0 bridgehead atoms. The molecule has 2 aliphatic carbocycles. The monoisotopic (exact) mass is 486 g/mol. The number of esters is 1. The van der Waals surface area contributed by atoms with E-state index in [1.807, 2.05) is 0 Å². The molecule has 0 saturated heterocycles. The van der Waals surface area contributed by atoms with E-state index < -0.39 is 23.0 Å². The van der Waals surface area contributed by atoms with Gasteiger partial charge in [-0.15, -0.1) is 0 Å². The molecule has 1 aromatic carbocycles. The van der Waals surface area contributed by atoms with Crippen LogP contribution in [0, 0.1) is 5.82 Å². The Hall–Kier alpha value is -3.10. The minimum absolute atomic E-state index is 0.0530. The van der Waals surface area contributed by atoms with Crippen LogP contribution in [0.5, 0.6) is 0 Å². The zero-order chi connectivity index (χ0) is 24.9. The number of carbonyl (C=O) groups is 1. The van der Waals surface area contributed by atoms with Crippen molar-refractivity contribution in [2.24, 2.45) is 0 Å².